The lowest BCUT2D eigenvalue weighted by molar-refractivity contribution is -0.143. The molecule has 2 atom stereocenters. The van der Waals surface area contributed by atoms with Crippen LogP contribution in [0.2, 0.25) is 0 Å². The van der Waals surface area contributed by atoms with Gasteiger partial charge in [-0.05, 0) is 19.3 Å². The summed E-state index contributed by atoms with van der Waals surface area (Å²) in [5.41, 5.74) is -0.582. The Morgan fingerprint density at radius 3 is 2.38 bits per heavy atom. The maximum absolute atomic E-state index is 12.2. The SMILES string of the molecule is C#CC(CC)N1C(=O)CC(C)(C(C)C)C1=O. The Balaban J connectivity index is 3.05. The van der Waals surface area contributed by atoms with Crippen molar-refractivity contribution < 1.29 is 9.59 Å². The molecular weight excluding hydrogens is 202 g/mol. The molecule has 2 amide bonds. The first-order chi connectivity index (χ1) is 7.38. The van der Waals surface area contributed by atoms with E-state index in [0.29, 0.717) is 6.42 Å². The summed E-state index contributed by atoms with van der Waals surface area (Å²) in [6.45, 7) is 7.66. The molecule has 0 aliphatic carbocycles. The van der Waals surface area contributed by atoms with Crippen LogP contribution < -0.4 is 0 Å². The zero-order valence-corrected chi connectivity index (χ0v) is 10.4. The highest BCUT2D eigenvalue weighted by Crippen LogP contribution is 2.40. The van der Waals surface area contributed by atoms with Crippen LogP contribution in [-0.4, -0.2) is 22.8 Å². The molecule has 3 heteroatoms. The molecule has 0 aromatic rings. The summed E-state index contributed by atoms with van der Waals surface area (Å²) in [4.78, 5) is 25.4. The summed E-state index contributed by atoms with van der Waals surface area (Å²) in [5, 5.41) is 0. The highest BCUT2D eigenvalue weighted by atomic mass is 16.2. The maximum atomic E-state index is 12.2. The summed E-state index contributed by atoms with van der Waals surface area (Å²) in [6, 6.07) is -0.388. The summed E-state index contributed by atoms with van der Waals surface area (Å²) in [5.74, 6) is 2.41. The van der Waals surface area contributed by atoms with Gasteiger partial charge in [0.2, 0.25) is 11.8 Å². The Hall–Kier alpha value is -1.30. The van der Waals surface area contributed by atoms with E-state index >= 15 is 0 Å². The van der Waals surface area contributed by atoms with E-state index < -0.39 is 5.41 Å². The molecule has 1 aliphatic rings. The van der Waals surface area contributed by atoms with Crippen molar-refractivity contribution in [3.05, 3.63) is 0 Å². The molecule has 1 heterocycles. The molecule has 2 unspecified atom stereocenters. The molecule has 0 N–H and O–H groups in total. The molecule has 1 fully saturated rings. The van der Waals surface area contributed by atoms with E-state index in [1.807, 2.05) is 27.7 Å². The Kier molecular flexibility index (Phi) is 3.42. The largest absolute Gasteiger partial charge is 0.274 e. The zero-order valence-electron chi connectivity index (χ0n) is 10.4. The van der Waals surface area contributed by atoms with Crippen LogP contribution in [0.15, 0.2) is 0 Å². The molecule has 1 aliphatic heterocycles. The van der Waals surface area contributed by atoms with Crippen molar-refractivity contribution in [2.75, 3.05) is 0 Å². The third-order valence-corrected chi connectivity index (χ3v) is 3.66. The number of terminal acetylenes is 1. The molecule has 0 radical (unpaired) electrons. The standard InChI is InChI=1S/C13H19NO2/c1-6-10(7-2)14-11(15)8-13(5,9(3)4)12(14)16/h1,9-10H,7-8H2,2-5H3. The Labute approximate surface area is 97.2 Å². The number of nitrogens with zero attached hydrogens (tertiary/aromatic N) is 1. The quantitative estimate of drug-likeness (QED) is 0.538. The molecule has 16 heavy (non-hydrogen) atoms. The number of rotatable bonds is 3. The van der Waals surface area contributed by atoms with Gasteiger partial charge in [0.15, 0.2) is 0 Å². The van der Waals surface area contributed by atoms with Gasteiger partial charge in [0.05, 0.1) is 5.41 Å². The van der Waals surface area contributed by atoms with E-state index in [4.69, 9.17) is 6.42 Å². The van der Waals surface area contributed by atoms with Crippen LogP contribution in [0.25, 0.3) is 0 Å². The van der Waals surface area contributed by atoms with Gasteiger partial charge in [-0.2, -0.15) is 0 Å². The Bertz CT molecular complexity index is 353. The monoisotopic (exact) mass is 221 g/mol. The lowest BCUT2D eigenvalue weighted by Gasteiger charge is -2.27. The molecule has 88 valence electrons. The van der Waals surface area contributed by atoms with E-state index in [1.165, 1.54) is 4.90 Å². The van der Waals surface area contributed by atoms with E-state index in [1.54, 1.807) is 0 Å². The van der Waals surface area contributed by atoms with Gasteiger partial charge in [0, 0.05) is 6.42 Å². The van der Waals surface area contributed by atoms with Crippen molar-refractivity contribution in [2.24, 2.45) is 11.3 Å². The molecular formula is C13H19NO2. The fraction of sp³-hybridized carbons (Fsp3) is 0.692. The minimum atomic E-state index is -0.582. The second-order valence-corrected chi connectivity index (χ2v) is 4.91. The fourth-order valence-corrected chi connectivity index (χ4v) is 2.00. The van der Waals surface area contributed by atoms with Crippen molar-refractivity contribution in [3.63, 3.8) is 0 Å². The van der Waals surface area contributed by atoms with E-state index in [0.717, 1.165) is 0 Å². The number of hydrogen-bond donors (Lipinski definition) is 0. The van der Waals surface area contributed by atoms with Gasteiger partial charge in [-0.15, -0.1) is 6.42 Å². The van der Waals surface area contributed by atoms with Gasteiger partial charge in [0.25, 0.3) is 0 Å². The predicted octanol–water partition coefficient (Wildman–Crippen LogP) is 1.82. The summed E-state index contributed by atoms with van der Waals surface area (Å²) >= 11 is 0. The summed E-state index contributed by atoms with van der Waals surface area (Å²) in [6.07, 6.45) is 6.25. The van der Waals surface area contributed by atoms with Gasteiger partial charge in [0.1, 0.15) is 6.04 Å². The average Bonchev–Trinajstić information content (AvgIpc) is 2.44. The second-order valence-electron chi connectivity index (χ2n) is 4.91. The van der Waals surface area contributed by atoms with Crippen LogP contribution >= 0.6 is 0 Å². The van der Waals surface area contributed by atoms with Crippen LogP contribution in [-0.2, 0) is 9.59 Å². The maximum Gasteiger partial charge on any atom is 0.236 e. The van der Waals surface area contributed by atoms with E-state index in [2.05, 4.69) is 5.92 Å². The molecule has 0 bridgehead atoms. The van der Waals surface area contributed by atoms with Crippen LogP contribution in [0, 0.1) is 23.7 Å². The Morgan fingerprint density at radius 1 is 1.50 bits per heavy atom. The number of amides is 2. The van der Waals surface area contributed by atoms with Crippen molar-refractivity contribution in [1.29, 1.82) is 0 Å². The smallest absolute Gasteiger partial charge is 0.236 e. The number of likely N-dealkylation sites (tertiary alicyclic amines) is 1. The topological polar surface area (TPSA) is 37.4 Å². The molecule has 0 aromatic heterocycles. The Morgan fingerprint density at radius 2 is 2.06 bits per heavy atom. The molecule has 1 rings (SSSR count). The number of carbonyl (C=O) groups is 2. The lowest BCUT2D eigenvalue weighted by atomic mass is 9.78. The zero-order chi connectivity index (χ0) is 12.5. The van der Waals surface area contributed by atoms with Crippen LogP contribution in [0.3, 0.4) is 0 Å². The number of hydrogen-bond acceptors (Lipinski definition) is 2. The van der Waals surface area contributed by atoms with Crippen molar-refractivity contribution >= 4 is 11.8 Å². The molecule has 0 saturated carbocycles. The molecule has 1 saturated heterocycles. The first-order valence-electron chi connectivity index (χ1n) is 5.71. The third-order valence-electron chi connectivity index (χ3n) is 3.66. The number of carbonyl (C=O) groups excluding carboxylic acids is 2. The minimum Gasteiger partial charge on any atom is -0.274 e. The molecule has 0 aromatic carbocycles. The van der Waals surface area contributed by atoms with Gasteiger partial charge in [-0.3, -0.25) is 14.5 Å². The normalized spacial score (nSPS) is 27.4. The highest BCUT2D eigenvalue weighted by Gasteiger charge is 2.51. The van der Waals surface area contributed by atoms with E-state index in [9.17, 15) is 9.59 Å². The van der Waals surface area contributed by atoms with Crippen molar-refractivity contribution in [1.82, 2.24) is 4.90 Å². The number of imide groups is 1. The lowest BCUT2D eigenvalue weighted by Crippen LogP contribution is -2.42. The highest BCUT2D eigenvalue weighted by molar-refractivity contribution is 6.06. The van der Waals surface area contributed by atoms with Crippen LogP contribution in [0.1, 0.15) is 40.5 Å². The minimum absolute atomic E-state index is 0.114. The van der Waals surface area contributed by atoms with Crippen molar-refractivity contribution in [2.45, 2.75) is 46.6 Å². The summed E-state index contributed by atoms with van der Waals surface area (Å²) < 4.78 is 0. The van der Waals surface area contributed by atoms with Gasteiger partial charge in [-0.25, -0.2) is 0 Å². The van der Waals surface area contributed by atoms with Crippen LogP contribution in [0.5, 0.6) is 0 Å². The predicted molar refractivity (Wildman–Crippen MR) is 62.3 cm³/mol. The van der Waals surface area contributed by atoms with Gasteiger partial charge < -0.3 is 0 Å². The van der Waals surface area contributed by atoms with Crippen LogP contribution in [0.4, 0.5) is 0 Å². The molecule has 3 nitrogen and oxygen atoms in total. The van der Waals surface area contributed by atoms with E-state index in [-0.39, 0.29) is 30.2 Å². The summed E-state index contributed by atoms with van der Waals surface area (Å²) in [7, 11) is 0. The average molecular weight is 221 g/mol. The molecule has 0 spiro atoms. The fourth-order valence-electron chi connectivity index (χ4n) is 2.00. The first kappa shape index (κ1) is 12.8. The third kappa shape index (κ3) is 1.73. The second kappa shape index (κ2) is 4.29. The van der Waals surface area contributed by atoms with Crippen molar-refractivity contribution in [3.8, 4) is 12.3 Å². The first-order valence-corrected chi connectivity index (χ1v) is 5.71. The van der Waals surface area contributed by atoms with Gasteiger partial charge >= 0.3 is 0 Å². The van der Waals surface area contributed by atoms with Gasteiger partial charge in [-0.1, -0.05) is 26.7 Å².